The van der Waals surface area contributed by atoms with Crippen LogP contribution in [0.1, 0.15) is 0 Å². The zero-order valence-corrected chi connectivity index (χ0v) is 13.5. The third-order valence-electron chi connectivity index (χ3n) is 3.61. The van der Waals surface area contributed by atoms with Crippen molar-refractivity contribution in [1.29, 1.82) is 0 Å². The molecule has 0 radical (unpaired) electrons. The second-order valence-corrected chi connectivity index (χ2v) is 5.81. The molecule has 2 amide bonds. The molecule has 0 unspecified atom stereocenters. The number of methoxy groups -OCH3 is 1. The maximum absolute atomic E-state index is 12.7. The molecule has 0 aromatic heterocycles. The van der Waals surface area contributed by atoms with E-state index in [1.54, 1.807) is 0 Å². The predicted molar refractivity (Wildman–Crippen MR) is 83.3 cm³/mol. The molecule has 124 valence electrons. The summed E-state index contributed by atoms with van der Waals surface area (Å²) < 4.78 is 4.53. The van der Waals surface area contributed by atoms with Crippen molar-refractivity contribution in [2.75, 3.05) is 12.0 Å². The van der Waals surface area contributed by atoms with Gasteiger partial charge in [0.2, 0.25) is 5.91 Å². The molecular weight excluding hydrogens is 363 g/mol. The molecule has 1 saturated heterocycles. The lowest BCUT2D eigenvalue weighted by Crippen LogP contribution is -2.36. The smallest absolute Gasteiger partial charge is 0.355 e. The molecule has 0 N–H and O–H groups in total. The number of carbonyl (C=O) groups excluding carboxylic acids is 3. The fourth-order valence-electron chi connectivity index (χ4n) is 2.66. The minimum atomic E-state index is -1.35. The largest absolute Gasteiger partial charge is 0.464 e. The van der Waals surface area contributed by atoms with E-state index >= 15 is 0 Å². The highest BCUT2D eigenvalue weighted by Crippen LogP contribution is 2.37. The average molecular weight is 371 g/mol. The fraction of sp³-hybridized carbons (Fsp3) is 0.231. The molecule has 2 aliphatic rings. The Bertz CT molecular complexity index is 791. The lowest BCUT2D eigenvalue weighted by molar-refractivity contribution is -0.133. The normalized spacial score (nSPS) is 22.5. The van der Waals surface area contributed by atoms with Crippen molar-refractivity contribution in [3.63, 3.8) is 0 Å². The number of ether oxygens (including phenoxy) is 1. The van der Waals surface area contributed by atoms with E-state index in [9.17, 15) is 19.3 Å². The van der Waals surface area contributed by atoms with E-state index in [4.69, 9.17) is 23.2 Å². The molecular formula is C13H8Cl2N4O5. The van der Waals surface area contributed by atoms with Crippen LogP contribution in [-0.4, -0.2) is 41.8 Å². The second kappa shape index (κ2) is 5.84. The van der Waals surface area contributed by atoms with Crippen LogP contribution in [-0.2, 0) is 19.1 Å². The maximum atomic E-state index is 12.7. The highest BCUT2D eigenvalue weighted by atomic mass is 35.5. The number of imide groups is 1. The number of hydrazone groups is 1. The summed E-state index contributed by atoms with van der Waals surface area (Å²) in [5, 5.41) is 7.09. The van der Waals surface area contributed by atoms with E-state index in [0.29, 0.717) is 5.12 Å². The Balaban J connectivity index is 2.07. The molecule has 9 nitrogen and oxygen atoms in total. The van der Waals surface area contributed by atoms with Gasteiger partial charge >= 0.3 is 5.97 Å². The molecule has 3 rings (SSSR count). The number of nitroso groups, excluding NO2 is 1. The quantitative estimate of drug-likeness (QED) is 0.451. The predicted octanol–water partition coefficient (Wildman–Crippen LogP) is 1.38. The Morgan fingerprint density at radius 3 is 2.38 bits per heavy atom. The van der Waals surface area contributed by atoms with E-state index in [-0.39, 0.29) is 21.4 Å². The molecule has 2 heterocycles. The molecule has 1 fully saturated rings. The summed E-state index contributed by atoms with van der Waals surface area (Å²) in [7, 11) is 1.09. The Labute approximate surface area is 144 Å². The number of hydrogen-bond acceptors (Lipinski definition) is 7. The Kier molecular flexibility index (Phi) is 3.98. The molecule has 0 spiro atoms. The number of hydrogen-bond donors (Lipinski definition) is 0. The van der Waals surface area contributed by atoms with Gasteiger partial charge in [-0.3, -0.25) is 9.59 Å². The Hall–Kier alpha value is -2.52. The summed E-state index contributed by atoms with van der Waals surface area (Å²) in [4.78, 5) is 48.7. The van der Waals surface area contributed by atoms with E-state index in [1.807, 2.05) is 0 Å². The van der Waals surface area contributed by atoms with E-state index < -0.39 is 29.7 Å². The summed E-state index contributed by atoms with van der Waals surface area (Å²) in [6.07, 6.45) is 0. The van der Waals surface area contributed by atoms with Crippen LogP contribution in [0.25, 0.3) is 0 Å². The lowest BCUT2D eigenvalue weighted by Gasteiger charge is -2.17. The molecule has 2 atom stereocenters. The first-order chi connectivity index (χ1) is 11.4. The maximum Gasteiger partial charge on any atom is 0.355 e. The molecule has 2 aliphatic heterocycles. The first kappa shape index (κ1) is 16.3. The van der Waals surface area contributed by atoms with Crippen LogP contribution < -0.4 is 4.90 Å². The number of fused-ring (bicyclic) bond motifs is 1. The summed E-state index contributed by atoms with van der Waals surface area (Å²) in [5.74, 6) is -3.74. The molecule has 1 aromatic rings. The molecule has 24 heavy (non-hydrogen) atoms. The minimum absolute atomic E-state index is 0.118. The number of esters is 1. The number of benzene rings is 1. The van der Waals surface area contributed by atoms with Gasteiger partial charge in [-0.25, -0.2) is 9.69 Å². The van der Waals surface area contributed by atoms with Crippen molar-refractivity contribution in [3.8, 4) is 0 Å². The van der Waals surface area contributed by atoms with Gasteiger partial charge in [0.25, 0.3) is 5.91 Å². The van der Waals surface area contributed by atoms with Gasteiger partial charge < -0.3 is 4.74 Å². The molecule has 1 aromatic carbocycles. The monoisotopic (exact) mass is 370 g/mol. The van der Waals surface area contributed by atoms with Gasteiger partial charge in [0.1, 0.15) is 5.92 Å². The van der Waals surface area contributed by atoms with Gasteiger partial charge in [-0.1, -0.05) is 23.2 Å². The van der Waals surface area contributed by atoms with Crippen molar-refractivity contribution >= 4 is 52.4 Å². The third-order valence-corrected chi connectivity index (χ3v) is 4.05. The van der Waals surface area contributed by atoms with Crippen LogP contribution in [0.15, 0.2) is 28.6 Å². The van der Waals surface area contributed by atoms with Crippen LogP contribution in [0.5, 0.6) is 0 Å². The second-order valence-electron chi connectivity index (χ2n) is 4.94. The van der Waals surface area contributed by atoms with E-state index in [1.165, 1.54) is 18.2 Å². The summed E-state index contributed by atoms with van der Waals surface area (Å²) in [6, 6.07) is 2.80. The topological polar surface area (TPSA) is 109 Å². The summed E-state index contributed by atoms with van der Waals surface area (Å²) in [6.45, 7) is 0. The van der Waals surface area contributed by atoms with Gasteiger partial charge in [0.15, 0.2) is 11.8 Å². The Morgan fingerprint density at radius 1 is 1.21 bits per heavy atom. The van der Waals surface area contributed by atoms with E-state index in [0.717, 1.165) is 12.0 Å². The molecule has 0 saturated carbocycles. The van der Waals surface area contributed by atoms with Crippen LogP contribution in [0.3, 0.4) is 0 Å². The third kappa shape index (κ3) is 2.33. The SMILES string of the molecule is COC(=O)C1=NN(N=O)[C@H]2C(=O)N(c3cc(Cl)cc(Cl)c3)C(=O)[C@H]12. The van der Waals surface area contributed by atoms with Gasteiger partial charge in [0.05, 0.1) is 18.1 Å². The number of halogens is 2. The zero-order valence-electron chi connectivity index (χ0n) is 12.0. The lowest BCUT2D eigenvalue weighted by atomic mass is 9.98. The van der Waals surface area contributed by atoms with Gasteiger partial charge in [-0.15, -0.1) is 15.1 Å². The minimum Gasteiger partial charge on any atom is -0.464 e. The van der Waals surface area contributed by atoms with Gasteiger partial charge in [-0.05, 0) is 18.2 Å². The van der Waals surface area contributed by atoms with Crippen molar-refractivity contribution in [1.82, 2.24) is 5.12 Å². The molecule has 11 heteroatoms. The zero-order chi connectivity index (χ0) is 17.6. The van der Waals surface area contributed by atoms with Crippen LogP contribution >= 0.6 is 23.2 Å². The van der Waals surface area contributed by atoms with Crippen molar-refractivity contribution < 1.29 is 19.1 Å². The Morgan fingerprint density at radius 2 is 1.83 bits per heavy atom. The molecule has 0 aliphatic carbocycles. The van der Waals surface area contributed by atoms with Crippen LogP contribution in [0.4, 0.5) is 5.69 Å². The molecule has 0 bridgehead atoms. The van der Waals surface area contributed by atoms with Crippen molar-refractivity contribution in [2.24, 2.45) is 16.3 Å². The van der Waals surface area contributed by atoms with Crippen molar-refractivity contribution in [3.05, 3.63) is 33.2 Å². The standard InChI is InChI=1S/C13H8Cl2N4O5/c1-24-13(22)9-8-10(19(16-9)17-23)12(21)18(11(8)20)7-3-5(14)2-6(15)4-7/h2-4,8,10H,1H3/t8-,10-/m1/s1. The first-order valence-electron chi connectivity index (χ1n) is 6.52. The number of carbonyl (C=O) groups is 3. The highest BCUT2D eigenvalue weighted by molar-refractivity contribution is 6.46. The first-order valence-corrected chi connectivity index (χ1v) is 7.28. The van der Waals surface area contributed by atoms with E-state index in [2.05, 4.69) is 15.1 Å². The van der Waals surface area contributed by atoms with Gasteiger partial charge in [-0.2, -0.15) is 0 Å². The summed E-state index contributed by atoms with van der Waals surface area (Å²) >= 11 is 11.8. The van der Waals surface area contributed by atoms with Crippen LogP contribution in [0, 0.1) is 10.8 Å². The number of amides is 2. The number of anilines is 1. The highest BCUT2D eigenvalue weighted by Gasteiger charge is 2.59. The van der Waals surface area contributed by atoms with Crippen molar-refractivity contribution in [2.45, 2.75) is 6.04 Å². The fourth-order valence-corrected chi connectivity index (χ4v) is 3.17. The summed E-state index contributed by atoms with van der Waals surface area (Å²) in [5.41, 5.74) is -0.247. The van der Waals surface area contributed by atoms with Crippen LogP contribution in [0.2, 0.25) is 10.0 Å². The van der Waals surface area contributed by atoms with Gasteiger partial charge in [0, 0.05) is 10.0 Å². The number of nitrogens with zero attached hydrogens (tertiary/aromatic N) is 4. The number of rotatable bonds is 3. The average Bonchev–Trinajstić information content (AvgIpc) is 3.03.